The van der Waals surface area contributed by atoms with E-state index < -0.39 is 0 Å². The van der Waals surface area contributed by atoms with E-state index in [0.717, 1.165) is 11.1 Å². The van der Waals surface area contributed by atoms with Crippen molar-refractivity contribution in [2.24, 2.45) is 0 Å². The zero-order valence-electron chi connectivity index (χ0n) is 12.4. The lowest BCUT2D eigenvalue weighted by Gasteiger charge is -1.99. The van der Waals surface area contributed by atoms with Crippen molar-refractivity contribution in [3.05, 3.63) is 66.4 Å². The largest absolute Gasteiger partial charge is 0.333 e. The molecule has 0 N–H and O–H groups in total. The van der Waals surface area contributed by atoms with E-state index in [1.807, 2.05) is 6.07 Å². The normalized spacial score (nSPS) is 10.9. The molecule has 0 atom stereocenters. The van der Waals surface area contributed by atoms with Crippen LogP contribution in [0.15, 0.2) is 59.5 Å². The first-order valence-corrected chi connectivity index (χ1v) is 7.17. The van der Waals surface area contributed by atoms with E-state index in [1.54, 1.807) is 41.5 Å². The number of pyridine rings is 1. The summed E-state index contributed by atoms with van der Waals surface area (Å²) in [6.07, 6.45) is 5.02. The summed E-state index contributed by atoms with van der Waals surface area (Å²) in [4.78, 5) is 8.31. The summed E-state index contributed by atoms with van der Waals surface area (Å²) in [7, 11) is 0. The van der Waals surface area contributed by atoms with Crippen LogP contribution in [0.5, 0.6) is 0 Å². The summed E-state index contributed by atoms with van der Waals surface area (Å²) in [5.74, 6) is 0.443. The van der Waals surface area contributed by atoms with Crippen molar-refractivity contribution in [2.45, 2.75) is 6.54 Å². The third-order valence-corrected chi connectivity index (χ3v) is 3.36. The molecule has 0 unspecified atom stereocenters. The second-order valence-electron chi connectivity index (χ2n) is 5.09. The molecule has 7 nitrogen and oxygen atoms in total. The standard InChI is InChI=1S/C16H11FN6O/c17-13-5-3-11(4-6-13)9-23-10-14(20-22-23)15-19-16(24-21-15)12-2-1-7-18-8-12/h1-8,10H,9H2. The molecule has 0 aliphatic heterocycles. The second kappa shape index (κ2) is 5.99. The molecule has 0 spiro atoms. The van der Waals surface area contributed by atoms with Crippen LogP contribution in [0.25, 0.3) is 23.0 Å². The second-order valence-corrected chi connectivity index (χ2v) is 5.09. The van der Waals surface area contributed by atoms with Crippen LogP contribution >= 0.6 is 0 Å². The van der Waals surface area contributed by atoms with Gasteiger partial charge in [0.1, 0.15) is 5.82 Å². The topological polar surface area (TPSA) is 82.5 Å². The maximum absolute atomic E-state index is 12.9. The van der Waals surface area contributed by atoms with Gasteiger partial charge >= 0.3 is 0 Å². The molecule has 0 amide bonds. The number of rotatable bonds is 4. The Bertz CT molecular complexity index is 948. The van der Waals surface area contributed by atoms with E-state index in [2.05, 4.69) is 25.4 Å². The smallest absolute Gasteiger partial charge is 0.259 e. The molecular formula is C16H11FN6O. The molecule has 24 heavy (non-hydrogen) atoms. The van der Waals surface area contributed by atoms with Crippen LogP contribution in [0.1, 0.15) is 5.56 Å². The Labute approximate surface area is 135 Å². The van der Waals surface area contributed by atoms with E-state index in [0.29, 0.717) is 24.0 Å². The molecular weight excluding hydrogens is 311 g/mol. The van der Waals surface area contributed by atoms with Crippen molar-refractivity contribution >= 4 is 0 Å². The summed E-state index contributed by atoms with van der Waals surface area (Å²) in [5, 5.41) is 12.0. The van der Waals surface area contributed by atoms with Gasteiger partial charge in [-0.1, -0.05) is 22.5 Å². The van der Waals surface area contributed by atoms with Gasteiger partial charge in [0.2, 0.25) is 5.82 Å². The SMILES string of the molecule is Fc1ccc(Cn2cc(-c3noc(-c4cccnc4)n3)nn2)cc1. The Balaban J connectivity index is 1.55. The van der Waals surface area contributed by atoms with Crippen LogP contribution in [0.2, 0.25) is 0 Å². The molecule has 0 aliphatic carbocycles. The van der Waals surface area contributed by atoms with Crippen molar-refractivity contribution in [3.8, 4) is 23.0 Å². The van der Waals surface area contributed by atoms with E-state index in [9.17, 15) is 4.39 Å². The molecule has 3 heterocycles. The van der Waals surface area contributed by atoms with Gasteiger partial charge in [-0.05, 0) is 29.8 Å². The Morgan fingerprint density at radius 2 is 2.00 bits per heavy atom. The monoisotopic (exact) mass is 322 g/mol. The van der Waals surface area contributed by atoms with E-state index in [4.69, 9.17) is 4.52 Å². The zero-order valence-corrected chi connectivity index (χ0v) is 12.4. The minimum Gasteiger partial charge on any atom is -0.333 e. The predicted molar refractivity (Wildman–Crippen MR) is 82.0 cm³/mol. The molecule has 8 heteroatoms. The van der Waals surface area contributed by atoms with E-state index in [-0.39, 0.29) is 5.82 Å². The molecule has 0 saturated carbocycles. The lowest BCUT2D eigenvalue weighted by molar-refractivity contribution is 0.432. The van der Waals surface area contributed by atoms with Gasteiger partial charge in [-0.15, -0.1) is 5.10 Å². The molecule has 0 aliphatic rings. The molecule has 0 radical (unpaired) electrons. The van der Waals surface area contributed by atoms with E-state index >= 15 is 0 Å². The van der Waals surface area contributed by atoms with Crippen LogP contribution in [0.3, 0.4) is 0 Å². The van der Waals surface area contributed by atoms with Gasteiger partial charge < -0.3 is 4.52 Å². The summed E-state index contributed by atoms with van der Waals surface area (Å²) >= 11 is 0. The van der Waals surface area contributed by atoms with Crippen LogP contribution in [-0.4, -0.2) is 30.1 Å². The minimum absolute atomic E-state index is 0.271. The molecule has 0 bridgehead atoms. The Morgan fingerprint density at radius 1 is 1.12 bits per heavy atom. The minimum atomic E-state index is -0.271. The number of halogens is 1. The van der Waals surface area contributed by atoms with Crippen molar-refractivity contribution < 1.29 is 8.91 Å². The molecule has 4 aromatic rings. The molecule has 1 aromatic carbocycles. The van der Waals surface area contributed by atoms with E-state index in [1.165, 1.54) is 12.1 Å². The molecule has 4 rings (SSSR count). The predicted octanol–water partition coefficient (Wildman–Crippen LogP) is 2.58. The molecule has 3 aromatic heterocycles. The summed E-state index contributed by atoms with van der Waals surface area (Å²) in [6.45, 7) is 0.473. The highest BCUT2D eigenvalue weighted by molar-refractivity contribution is 5.55. The third kappa shape index (κ3) is 2.89. The lowest BCUT2D eigenvalue weighted by atomic mass is 10.2. The average molecular weight is 322 g/mol. The van der Waals surface area contributed by atoms with Gasteiger partial charge in [-0.25, -0.2) is 9.07 Å². The van der Waals surface area contributed by atoms with Crippen LogP contribution in [-0.2, 0) is 6.54 Å². The lowest BCUT2D eigenvalue weighted by Crippen LogP contribution is -2.00. The highest BCUT2D eigenvalue weighted by atomic mass is 19.1. The Hall–Kier alpha value is -3.42. The van der Waals surface area contributed by atoms with Gasteiger partial charge in [0, 0.05) is 12.4 Å². The Kier molecular flexibility index (Phi) is 3.54. The maximum atomic E-state index is 12.9. The zero-order chi connectivity index (χ0) is 16.4. The third-order valence-electron chi connectivity index (χ3n) is 3.36. The number of nitrogens with zero attached hydrogens (tertiary/aromatic N) is 6. The van der Waals surface area contributed by atoms with Crippen molar-refractivity contribution in [2.75, 3.05) is 0 Å². The van der Waals surface area contributed by atoms with Gasteiger partial charge in [0.15, 0.2) is 5.69 Å². The van der Waals surface area contributed by atoms with Gasteiger partial charge in [-0.3, -0.25) is 4.98 Å². The molecule has 0 saturated heterocycles. The fourth-order valence-electron chi connectivity index (χ4n) is 2.19. The van der Waals surface area contributed by atoms with Gasteiger partial charge in [0.05, 0.1) is 18.3 Å². The molecule has 118 valence electrons. The maximum Gasteiger partial charge on any atom is 0.259 e. The summed E-state index contributed by atoms with van der Waals surface area (Å²) in [5.41, 5.74) is 2.14. The quantitative estimate of drug-likeness (QED) is 0.574. The summed E-state index contributed by atoms with van der Waals surface area (Å²) in [6, 6.07) is 9.84. The van der Waals surface area contributed by atoms with Crippen LogP contribution in [0, 0.1) is 5.82 Å². The first kappa shape index (κ1) is 14.2. The number of aromatic nitrogens is 6. The van der Waals surface area contributed by atoms with Crippen molar-refractivity contribution in [1.29, 1.82) is 0 Å². The highest BCUT2D eigenvalue weighted by Crippen LogP contribution is 2.19. The number of hydrogen-bond donors (Lipinski definition) is 0. The summed E-state index contributed by atoms with van der Waals surface area (Å²) < 4.78 is 19.8. The van der Waals surface area contributed by atoms with Gasteiger partial charge in [0.25, 0.3) is 5.89 Å². The fourth-order valence-corrected chi connectivity index (χ4v) is 2.19. The van der Waals surface area contributed by atoms with Crippen LogP contribution < -0.4 is 0 Å². The van der Waals surface area contributed by atoms with Crippen LogP contribution in [0.4, 0.5) is 4.39 Å². The number of hydrogen-bond acceptors (Lipinski definition) is 6. The Morgan fingerprint density at radius 3 is 2.79 bits per heavy atom. The van der Waals surface area contributed by atoms with Gasteiger partial charge in [-0.2, -0.15) is 4.98 Å². The fraction of sp³-hybridized carbons (Fsp3) is 0.0625. The first-order chi connectivity index (χ1) is 11.8. The highest BCUT2D eigenvalue weighted by Gasteiger charge is 2.13. The number of benzene rings is 1. The first-order valence-electron chi connectivity index (χ1n) is 7.17. The van der Waals surface area contributed by atoms with Crippen molar-refractivity contribution in [1.82, 2.24) is 30.1 Å². The molecule has 0 fully saturated rings. The van der Waals surface area contributed by atoms with Crippen molar-refractivity contribution in [3.63, 3.8) is 0 Å². The average Bonchev–Trinajstić information content (AvgIpc) is 3.27.